The molecule has 0 atom stereocenters. The SMILES string of the molecule is CCNc1ncc(C)c(Nc2cc(Cl)c(C)cc2Cl)n1. The summed E-state index contributed by atoms with van der Waals surface area (Å²) >= 11 is 12.4. The van der Waals surface area contributed by atoms with Gasteiger partial charge in [-0.25, -0.2) is 4.98 Å². The summed E-state index contributed by atoms with van der Waals surface area (Å²) in [5.41, 5.74) is 2.60. The van der Waals surface area contributed by atoms with Gasteiger partial charge in [-0.05, 0) is 38.5 Å². The second kappa shape index (κ2) is 6.29. The van der Waals surface area contributed by atoms with Crippen LogP contribution in [0.2, 0.25) is 10.0 Å². The van der Waals surface area contributed by atoms with Gasteiger partial charge < -0.3 is 10.6 Å². The van der Waals surface area contributed by atoms with Crippen LogP contribution in [0, 0.1) is 13.8 Å². The molecule has 1 aromatic carbocycles. The number of hydrogen-bond donors (Lipinski definition) is 2. The Morgan fingerprint density at radius 2 is 1.85 bits per heavy atom. The fourth-order valence-corrected chi connectivity index (χ4v) is 2.11. The molecule has 2 N–H and O–H groups in total. The first-order valence-corrected chi connectivity index (χ1v) is 7.07. The molecule has 0 saturated carbocycles. The van der Waals surface area contributed by atoms with Crippen LogP contribution in [-0.4, -0.2) is 16.5 Å². The van der Waals surface area contributed by atoms with Crippen molar-refractivity contribution in [2.45, 2.75) is 20.8 Å². The fourth-order valence-electron chi connectivity index (χ4n) is 1.68. The molecule has 0 spiro atoms. The van der Waals surface area contributed by atoms with Gasteiger partial charge in [0.25, 0.3) is 0 Å². The lowest BCUT2D eigenvalue weighted by molar-refractivity contribution is 1.07. The fraction of sp³-hybridized carbons (Fsp3) is 0.286. The topological polar surface area (TPSA) is 49.8 Å². The molecule has 0 fully saturated rings. The van der Waals surface area contributed by atoms with Crippen molar-refractivity contribution >= 4 is 40.7 Å². The van der Waals surface area contributed by atoms with Crippen molar-refractivity contribution in [3.63, 3.8) is 0 Å². The van der Waals surface area contributed by atoms with Crippen molar-refractivity contribution in [3.8, 4) is 0 Å². The number of halogens is 2. The molecule has 0 bridgehead atoms. The van der Waals surface area contributed by atoms with Crippen molar-refractivity contribution < 1.29 is 0 Å². The number of rotatable bonds is 4. The number of nitrogens with zero attached hydrogens (tertiary/aromatic N) is 2. The number of aromatic nitrogens is 2. The predicted octanol–water partition coefficient (Wildman–Crippen LogP) is 4.58. The van der Waals surface area contributed by atoms with Gasteiger partial charge in [-0.1, -0.05) is 23.2 Å². The van der Waals surface area contributed by atoms with Gasteiger partial charge in [-0.2, -0.15) is 4.98 Å². The molecule has 2 rings (SSSR count). The number of anilines is 3. The van der Waals surface area contributed by atoms with Gasteiger partial charge in [0, 0.05) is 23.3 Å². The summed E-state index contributed by atoms with van der Waals surface area (Å²) in [7, 11) is 0. The second-order valence-corrected chi connectivity index (χ2v) is 5.28. The van der Waals surface area contributed by atoms with Crippen LogP contribution in [0.3, 0.4) is 0 Å². The van der Waals surface area contributed by atoms with Crippen LogP contribution in [0.15, 0.2) is 18.3 Å². The van der Waals surface area contributed by atoms with Crippen molar-refractivity contribution in [3.05, 3.63) is 39.5 Å². The second-order valence-electron chi connectivity index (χ2n) is 4.46. The van der Waals surface area contributed by atoms with E-state index in [0.29, 0.717) is 21.8 Å². The van der Waals surface area contributed by atoms with E-state index >= 15 is 0 Å². The molecule has 1 heterocycles. The van der Waals surface area contributed by atoms with Crippen molar-refractivity contribution in [1.29, 1.82) is 0 Å². The van der Waals surface area contributed by atoms with Gasteiger partial charge in [0.1, 0.15) is 5.82 Å². The molecule has 4 nitrogen and oxygen atoms in total. The van der Waals surface area contributed by atoms with Crippen LogP contribution in [0.5, 0.6) is 0 Å². The standard InChI is InChI=1S/C14H16Cl2N4/c1-4-17-14-18-7-9(3)13(20-14)19-12-6-10(15)8(2)5-11(12)16/h5-7H,4H2,1-3H3,(H2,17,18,19,20). The summed E-state index contributed by atoms with van der Waals surface area (Å²) in [6, 6.07) is 3.63. The summed E-state index contributed by atoms with van der Waals surface area (Å²) < 4.78 is 0. The van der Waals surface area contributed by atoms with Crippen LogP contribution in [0.4, 0.5) is 17.5 Å². The summed E-state index contributed by atoms with van der Waals surface area (Å²) in [6.45, 7) is 6.60. The van der Waals surface area contributed by atoms with E-state index in [1.54, 1.807) is 12.3 Å². The number of hydrogen-bond acceptors (Lipinski definition) is 4. The molecule has 1 aromatic heterocycles. The van der Waals surface area contributed by atoms with Crippen LogP contribution < -0.4 is 10.6 Å². The minimum absolute atomic E-state index is 0.579. The Labute approximate surface area is 128 Å². The summed E-state index contributed by atoms with van der Waals surface area (Å²) in [5, 5.41) is 7.54. The smallest absolute Gasteiger partial charge is 0.224 e. The van der Waals surface area contributed by atoms with E-state index in [1.165, 1.54) is 0 Å². The monoisotopic (exact) mass is 310 g/mol. The molecule has 0 aliphatic carbocycles. The highest BCUT2D eigenvalue weighted by Gasteiger charge is 2.08. The van der Waals surface area contributed by atoms with Gasteiger partial charge in [-0.15, -0.1) is 0 Å². The quantitative estimate of drug-likeness (QED) is 0.868. The Morgan fingerprint density at radius 3 is 2.55 bits per heavy atom. The minimum Gasteiger partial charge on any atom is -0.354 e. The number of nitrogens with one attached hydrogen (secondary N) is 2. The molecule has 2 aromatic rings. The molecule has 0 aliphatic heterocycles. The number of benzene rings is 1. The third-order valence-electron chi connectivity index (χ3n) is 2.81. The highest BCUT2D eigenvalue weighted by Crippen LogP contribution is 2.31. The lowest BCUT2D eigenvalue weighted by Gasteiger charge is -2.12. The highest BCUT2D eigenvalue weighted by atomic mass is 35.5. The van der Waals surface area contributed by atoms with Crippen molar-refractivity contribution in [2.24, 2.45) is 0 Å². The maximum Gasteiger partial charge on any atom is 0.224 e. The maximum atomic E-state index is 6.22. The Balaban J connectivity index is 2.34. The van der Waals surface area contributed by atoms with Gasteiger partial charge >= 0.3 is 0 Å². The van der Waals surface area contributed by atoms with Gasteiger partial charge in [-0.3, -0.25) is 0 Å². The summed E-state index contributed by atoms with van der Waals surface area (Å²) in [5.74, 6) is 1.28. The van der Waals surface area contributed by atoms with Crippen LogP contribution in [-0.2, 0) is 0 Å². The Kier molecular flexibility index (Phi) is 4.68. The molecule has 6 heteroatoms. The molecular weight excluding hydrogens is 295 g/mol. The van der Waals surface area contributed by atoms with E-state index in [9.17, 15) is 0 Å². The zero-order valence-corrected chi connectivity index (χ0v) is 13.1. The summed E-state index contributed by atoms with van der Waals surface area (Å²) in [4.78, 5) is 8.62. The van der Waals surface area contributed by atoms with E-state index in [1.807, 2.05) is 26.8 Å². The lowest BCUT2D eigenvalue weighted by Crippen LogP contribution is -2.05. The highest BCUT2D eigenvalue weighted by molar-refractivity contribution is 6.35. The van der Waals surface area contributed by atoms with E-state index in [0.717, 1.165) is 23.4 Å². The molecule has 106 valence electrons. The van der Waals surface area contributed by atoms with Gasteiger partial charge in [0.2, 0.25) is 5.95 Å². The average molecular weight is 311 g/mol. The first-order valence-electron chi connectivity index (χ1n) is 6.31. The first kappa shape index (κ1) is 14.9. The van der Waals surface area contributed by atoms with Gasteiger partial charge in [0.05, 0.1) is 10.7 Å². The lowest BCUT2D eigenvalue weighted by atomic mass is 10.2. The van der Waals surface area contributed by atoms with E-state index in [2.05, 4.69) is 20.6 Å². The Bertz CT molecular complexity index is 629. The van der Waals surface area contributed by atoms with E-state index in [4.69, 9.17) is 23.2 Å². The first-order chi connectivity index (χ1) is 9.51. The average Bonchev–Trinajstić information content (AvgIpc) is 2.40. The third kappa shape index (κ3) is 3.32. The maximum absolute atomic E-state index is 6.22. The molecular formula is C14H16Cl2N4. The predicted molar refractivity (Wildman–Crippen MR) is 85.4 cm³/mol. The van der Waals surface area contributed by atoms with E-state index in [-0.39, 0.29) is 0 Å². The third-order valence-corrected chi connectivity index (χ3v) is 3.53. The summed E-state index contributed by atoms with van der Waals surface area (Å²) in [6.07, 6.45) is 1.76. The van der Waals surface area contributed by atoms with Crippen molar-refractivity contribution in [2.75, 3.05) is 17.2 Å². The Morgan fingerprint density at radius 1 is 1.10 bits per heavy atom. The normalized spacial score (nSPS) is 10.4. The van der Waals surface area contributed by atoms with Crippen LogP contribution in [0.25, 0.3) is 0 Å². The van der Waals surface area contributed by atoms with Crippen molar-refractivity contribution in [1.82, 2.24) is 9.97 Å². The zero-order chi connectivity index (χ0) is 14.7. The largest absolute Gasteiger partial charge is 0.354 e. The Hall–Kier alpha value is -1.52. The zero-order valence-electron chi connectivity index (χ0n) is 11.6. The molecule has 0 amide bonds. The number of aryl methyl sites for hydroxylation is 2. The van der Waals surface area contributed by atoms with E-state index < -0.39 is 0 Å². The van der Waals surface area contributed by atoms with Crippen LogP contribution in [0.1, 0.15) is 18.1 Å². The molecule has 0 saturated heterocycles. The molecule has 20 heavy (non-hydrogen) atoms. The molecule has 0 radical (unpaired) electrons. The molecule has 0 aliphatic rings. The van der Waals surface area contributed by atoms with Crippen LogP contribution >= 0.6 is 23.2 Å². The molecule has 0 unspecified atom stereocenters. The minimum atomic E-state index is 0.579. The van der Waals surface area contributed by atoms with Gasteiger partial charge in [0.15, 0.2) is 0 Å².